The third-order valence-corrected chi connectivity index (χ3v) is 3.74. The standard InChI is InChI=1S/C15H22N2O3/c1-11-8-13(18)14(16-9-11)15(19)17-6-3-4-12(5-7-17)10-20-2/h8-9,12,18H,3-7,10H2,1-2H3. The van der Waals surface area contributed by atoms with Gasteiger partial charge in [-0.1, -0.05) is 0 Å². The summed E-state index contributed by atoms with van der Waals surface area (Å²) in [5, 5.41) is 9.87. The van der Waals surface area contributed by atoms with Crippen molar-refractivity contribution in [2.75, 3.05) is 26.8 Å². The Morgan fingerprint density at radius 1 is 1.50 bits per heavy atom. The Bertz CT molecular complexity index is 476. The molecule has 1 aliphatic rings. The summed E-state index contributed by atoms with van der Waals surface area (Å²) in [7, 11) is 1.71. The molecule has 1 aromatic heterocycles. The number of likely N-dealkylation sites (tertiary alicyclic amines) is 1. The minimum Gasteiger partial charge on any atom is -0.505 e. The predicted molar refractivity (Wildman–Crippen MR) is 75.8 cm³/mol. The number of rotatable bonds is 3. The Hall–Kier alpha value is -1.62. The van der Waals surface area contributed by atoms with Crippen molar-refractivity contribution in [2.24, 2.45) is 5.92 Å². The number of ether oxygens (including phenoxy) is 1. The number of pyridine rings is 1. The van der Waals surface area contributed by atoms with Gasteiger partial charge in [0.05, 0.1) is 0 Å². The van der Waals surface area contributed by atoms with Crippen molar-refractivity contribution >= 4 is 5.91 Å². The molecule has 1 amide bonds. The van der Waals surface area contributed by atoms with E-state index >= 15 is 0 Å². The maximum absolute atomic E-state index is 12.4. The highest BCUT2D eigenvalue weighted by Gasteiger charge is 2.24. The van der Waals surface area contributed by atoms with Gasteiger partial charge in [-0.2, -0.15) is 0 Å². The van der Waals surface area contributed by atoms with Gasteiger partial charge in [0.1, 0.15) is 5.75 Å². The molecule has 1 aliphatic heterocycles. The molecular formula is C15H22N2O3. The van der Waals surface area contributed by atoms with Crippen LogP contribution in [-0.4, -0.2) is 47.7 Å². The van der Waals surface area contributed by atoms with Crippen molar-refractivity contribution in [3.63, 3.8) is 0 Å². The van der Waals surface area contributed by atoms with Crippen LogP contribution in [0, 0.1) is 12.8 Å². The topological polar surface area (TPSA) is 62.7 Å². The molecule has 1 unspecified atom stereocenters. The van der Waals surface area contributed by atoms with Crippen LogP contribution in [0.3, 0.4) is 0 Å². The van der Waals surface area contributed by atoms with Gasteiger partial charge in [-0.05, 0) is 43.7 Å². The second kappa shape index (κ2) is 6.70. The van der Waals surface area contributed by atoms with Gasteiger partial charge in [-0.25, -0.2) is 4.98 Å². The summed E-state index contributed by atoms with van der Waals surface area (Å²) >= 11 is 0. The fourth-order valence-corrected chi connectivity index (χ4v) is 2.64. The van der Waals surface area contributed by atoms with Gasteiger partial charge in [-0.3, -0.25) is 4.79 Å². The van der Waals surface area contributed by atoms with Gasteiger partial charge in [0.25, 0.3) is 5.91 Å². The van der Waals surface area contributed by atoms with Gasteiger partial charge in [0.15, 0.2) is 5.69 Å². The third-order valence-electron chi connectivity index (χ3n) is 3.74. The Kier molecular flexibility index (Phi) is 4.95. The summed E-state index contributed by atoms with van der Waals surface area (Å²) in [4.78, 5) is 18.3. The Morgan fingerprint density at radius 2 is 2.30 bits per heavy atom. The van der Waals surface area contributed by atoms with Gasteiger partial charge in [0, 0.05) is 33.0 Å². The number of hydrogen-bond donors (Lipinski definition) is 1. The second-order valence-corrected chi connectivity index (χ2v) is 5.42. The van der Waals surface area contributed by atoms with Crippen molar-refractivity contribution in [3.05, 3.63) is 23.5 Å². The molecule has 0 aromatic carbocycles. The third kappa shape index (κ3) is 3.48. The number of carbonyl (C=O) groups excluding carboxylic acids is 1. The van der Waals surface area contributed by atoms with E-state index in [4.69, 9.17) is 4.74 Å². The number of methoxy groups -OCH3 is 1. The average Bonchev–Trinajstić information content (AvgIpc) is 2.64. The Balaban J connectivity index is 2.05. The lowest BCUT2D eigenvalue weighted by molar-refractivity contribution is 0.0746. The van der Waals surface area contributed by atoms with E-state index in [0.29, 0.717) is 19.0 Å². The Morgan fingerprint density at radius 3 is 3.00 bits per heavy atom. The van der Waals surface area contributed by atoms with Crippen molar-refractivity contribution < 1.29 is 14.6 Å². The first-order valence-electron chi connectivity index (χ1n) is 7.05. The first kappa shape index (κ1) is 14.8. The molecule has 0 radical (unpaired) electrons. The number of hydrogen-bond acceptors (Lipinski definition) is 4. The molecule has 5 nitrogen and oxygen atoms in total. The van der Waals surface area contributed by atoms with Crippen LogP contribution in [0.1, 0.15) is 35.3 Å². The Labute approximate surface area is 119 Å². The number of carbonyl (C=O) groups is 1. The molecule has 0 bridgehead atoms. The smallest absolute Gasteiger partial charge is 0.276 e. The summed E-state index contributed by atoms with van der Waals surface area (Å²) < 4.78 is 5.19. The molecule has 0 spiro atoms. The van der Waals surface area contributed by atoms with E-state index in [-0.39, 0.29) is 17.4 Å². The average molecular weight is 278 g/mol. The molecule has 5 heteroatoms. The van der Waals surface area contributed by atoms with Gasteiger partial charge >= 0.3 is 0 Å². The van der Waals surface area contributed by atoms with Crippen molar-refractivity contribution in [1.82, 2.24) is 9.88 Å². The maximum Gasteiger partial charge on any atom is 0.276 e. The lowest BCUT2D eigenvalue weighted by Gasteiger charge is -2.20. The molecular weight excluding hydrogens is 256 g/mol. The maximum atomic E-state index is 12.4. The molecule has 20 heavy (non-hydrogen) atoms. The molecule has 1 atom stereocenters. The van der Waals surface area contributed by atoms with E-state index < -0.39 is 0 Å². The molecule has 2 heterocycles. The molecule has 110 valence electrons. The number of aromatic nitrogens is 1. The number of aryl methyl sites for hydroxylation is 1. The summed E-state index contributed by atoms with van der Waals surface area (Å²) in [6, 6.07) is 1.58. The zero-order valence-electron chi connectivity index (χ0n) is 12.1. The van der Waals surface area contributed by atoms with Crippen molar-refractivity contribution in [3.8, 4) is 5.75 Å². The lowest BCUT2D eigenvalue weighted by atomic mass is 10.0. The van der Waals surface area contributed by atoms with Crippen LogP contribution in [0.4, 0.5) is 0 Å². The number of nitrogens with zero attached hydrogens (tertiary/aromatic N) is 2. The molecule has 1 aromatic rings. The van der Waals surface area contributed by atoms with E-state index in [0.717, 1.165) is 31.4 Å². The summed E-state index contributed by atoms with van der Waals surface area (Å²) in [5.74, 6) is 0.297. The lowest BCUT2D eigenvalue weighted by Crippen LogP contribution is -2.32. The predicted octanol–water partition coefficient (Wildman–Crippen LogP) is 1.98. The van der Waals surface area contributed by atoms with Crippen LogP contribution in [0.15, 0.2) is 12.3 Å². The van der Waals surface area contributed by atoms with Crippen molar-refractivity contribution in [2.45, 2.75) is 26.2 Å². The second-order valence-electron chi connectivity index (χ2n) is 5.42. The summed E-state index contributed by atoms with van der Waals surface area (Å²) in [6.07, 6.45) is 4.59. The largest absolute Gasteiger partial charge is 0.505 e. The number of aromatic hydroxyl groups is 1. The van der Waals surface area contributed by atoms with Crippen LogP contribution in [0.25, 0.3) is 0 Å². The zero-order valence-corrected chi connectivity index (χ0v) is 12.1. The van der Waals surface area contributed by atoms with E-state index in [1.165, 1.54) is 0 Å². The zero-order chi connectivity index (χ0) is 14.5. The first-order valence-corrected chi connectivity index (χ1v) is 7.05. The van der Waals surface area contributed by atoms with E-state index in [1.807, 2.05) is 6.92 Å². The van der Waals surface area contributed by atoms with E-state index in [2.05, 4.69) is 4.98 Å². The first-order chi connectivity index (χ1) is 9.61. The van der Waals surface area contributed by atoms with E-state index in [1.54, 1.807) is 24.3 Å². The quantitative estimate of drug-likeness (QED) is 0.918. The fourth-order valence-electron chi connectivity index (χ4n) is 2.64. The van der Waals surface area contributed by atoms with Crippen LogP contribution < -0.4 is 0 Å². The molecule has 0 aliphatic carbocycles. The highest BCUT2D eigenvalue weighted by atomic mass is 16.5. The van der Waals surface area contributed by atoms with Gasteiger partial charge in [-0.15, -0.1) is 0 Å². The minimum atomic E-state index is -0.180. The summed E-state index contributed by atoms with van der Waals surface area (Å²) in [5.41, 5.74) is 0.996. The van der Waals surface area contributed by atoms with Gasteiger partial charge in [0.2, 0.25) is 0 Å². The molecule has 2 rings (SSSR count). The van der Waals surface area contributed by atoms with Crippen LogP contribution >= 0.6 is 0 Å². The SMILES string of the molecule is COCC1CCCN(C(=O)c2ncc(C)cc2O)CC1. The fraction of sp³-hybridized carbons (Fsp3) is 0.600. The highest BCUT2D eigenvalue weighted by Crippen LogP contribution is 2.22. The van der Waals surface area contributed by atoms with E-state index in [9.17, 15) is 9.90 Å². The van der Waals surface area contributed by atoms with Crippen LogP contribution in [0.5, 0.6) is 5.75 Å². The minimum absolute atomic E-state index is 0.0345. The summed E-state index contributed by atoms with van der Waals surface area (Å²) in [6.45, 7) is 3.99. The van der Waals surface area contributed by atoms with Crippen molar-refractivity contribution in [1.29, 1.82) is 0 Å². The number of amides is 1. The van der Waals surface area contributed by atoms with Crippen LogP contribution in [0.2, 0.25) is 0 Å². The van der Waals surface area contributed by atoms with Gasteiger partial charge < -0.3 is 14.7 Å². The monoisotopic (exact) mass is 278 g/mol. The normalized spacial score (nSPS) is 19.7. The highest BCUT2D eigenvalue weighted by molar-refractivity contribution is 5.94. The van der Waals surface area contributed by atoms with Crippen LogP contribution in [-0.2, 0) is 4.74 Å². The molecule has 1 fully saturated rings. The molecule has 0 saturated carbocycles. The molecule has 1 saturated heterocycles. The molecule has 1 N–H and O–H groups in total.